The summed E-state index contributed by atoms with van der Waals surface area (Å²) in [7, 11) is 0. The molecule has 6 heteroatoms. The number of amides is 1. The molecule has 36 heavy (non-hydrogen) atoms. The minimum Gasteiger partial charge on any atom is -0.462 e. The van der Waals surface area contributed by atoms with E-state index in [-0.39, 0.29) is 42.0 Å². The van der Waals surface area contributed by atoms with Crippen molar-refractivity contribution >= 4 is 18.1 Å². The van der Waals surface area contributed by atoms with Crippen LogP contribution in [0.3, 0.4) is 0 Å². The third-order valence-corrected chi connectivity index (χ3v) is 8.37. The van der Waals surface area contributed by atoms with Gasteiger partial charge >= 0.3 is 12.1 Å². The van der Waals surface area contributed by atoms with Crippen molar-refractivity contribution in [1.82, 2.24) is 10.3 Å². The monoisotopic (exact) mass is 488 g/mol. The Morgan fingerprint density at radius 3 is 2.81 bits per heavy atom. The number of carbonyl (C=O) groups is 2. The van der Waals surface area contributed by atoms with E-state index >= 15 is 0 Å². The van der Waals surface area contributed by atoms with Crippen LogP contribution in [0.2, 0.25) is 0 Å². The zero-order chi connectivity index (χ0) is 25.2. The summed E-state index contributed by atoms with van der Waals surface area (Å²) in [5, 5.41) is 3.02. The highest BCUT2D eigenvalue weighted by molar-refractivity contribution is 5.75. The molecule has 1 N–H and O–H groups in total. The normalized spacial score (nSPS) is 31.4. The number of fused-ring (bicyclic) bond motifs is 2. The van der Waals surface area contributed by atoms with Gasteiger partial charge in [-0.25, -0.2) is 4.79 Å². The second kappa shape index (κ2) is 10.5. The van der Waals surface area contributed by atoms with Crippen LogP contribution in [0.4, 0.5) is 4.79 Å². The van der Waals surface area contributed by atoms with E-state index in [0.29, 0.717) is 18.4 Å². The number of hydrogen-bond donors (Lipinski definition) is 1. The first kappa shape index (κ1) is 24.5. The Hall–Kier alpha value is -3.15. The SMILES string of the molecule is CCOC(=O)N[C@@H]1CC[C@@H]2[C@@H](C1)C[C@H]1C(=O)O[C@H](C)[C@H]1[C@H]2/C=C/c1ccc(-c2cccc(C)c2)cn1. The van der Waals surface area contributed by atoms with Crippen molar-refractivity contribution in [3.8, 4) is 11.1 Å². The van der Waals surface area contributed by atoms with Gasteiger partial charge in [0.15, 0.2) is 0 Å². The maximum absolute atomic E-state index is 12.7. The molecule has 1 aromatic heterocycles. The summed E-state index contributed by atoms with van der Waals surface area (Å²) in [6.45, 7) is 6.31. The van der Waals surface area contributed by atoms with Crippen molar-refractivity contribution in [3.63, 3.8) is 0 Å². The fourth-order valence-corrected chi connectivity index (χ4v) is 6.80. The highest BCUT2D eigenvalue weighted by Crippen LogP contribution is 2.53. The number of aromatic nitrogens is 1. The lowest BCUT2D eigenvalue weighted by Crippen LogP contribution is -2.48. The van der Waals surface area contributed by atoms with Gasteiger partial charge in [-0.3, -0.25) is 9.78 Å². The first-order chi connectivity index (χ1) is 17.4. The molecule has 0 radical (unpaired) electrons. The van der Waals surface area contributed by atoms with Gasteiger partial charge in [0.05, 0.1) is 18.2 Å². The molecule has 190 valence electrons. The van der Waals surface area contributed by atoms with E-state index in [2.05, 4.69) is 60.8 Å². The third kappa shape index (κ3) is 5.04. The van der Waals surface area contributed by atoms with Gasteiger partial charge in [-0.2, -0.15) is 0 Å². The van der Waals surface area contributed by atoms with Gasteiger partial charge in [-0.15, -0.1) is 0 Å². The molecule has 0 bridgehead atoms. The van der Waals surface area contributed by atoms with Gasteiger partial charge in [0.2, 0.25) is 0 Å². The van der Waals surface area contributed by atoms with E-state index in [1.54, 1.807) is 0 Å². The molecule has 3 aliphatic rings. The molecule has 1 amide bonds. The van der Waals surface area contributed by atoms with Gasteiger partial charge in [0.1, 0.15) is 6.10 Å². The van der Waals surface area contributed by atoms with Gasteiger partial charge in [-0.05, 0) is 81.9 Å². The maximum atomic E-state index is 12.7. The molecule has 3 fully saturated rings. The molecule has 1 aliphatic heterocycles. The van der Waals surface area contributed by atoms with E-state index in [1.165, 1.54) is 11.1 Å². The number of allylic oxidation sites excluding steroid dienone is 1. The Bertz CT molecular complexity index is 1130. The zero-order valence-electron chi connectivity index (χ0n) is 21.4. The Morgan fingerprint density at radius 1 is 1.19 bits per heavy atom. The molecule has 2 saturated carbocycles. The summed E-state index contributed by atoms with van der Waals surface area (Å²) in [6, 6.07) is 12.7. The van der Waals surface area contributed by atoms with Crippen molar-refractivity contribution in [2.75, 3.05) is 6.61 Å². The van der Waals surface area contributed by atoms with Crippen LogP contribution in [0, 0.1) is 36.5 Å². The van der Waals surface area contributed by atoms with Crippen molar-refractivity contribution in [2.45, 2.75) is 58.6 Å². The van der Waals surface area contributed by atoms with Crippen molar-refractivity contribution in [1.29, 1.82) is 0 Å². The zero-order valence-corrected chi connectivity index (χ0v) is 21.4. The average Bonchev–Trinajstić information content (AvgIpc) is 3.15. The number of cyclic esters (lactones) is 1. The Kier molecular flexibility index (Phi) is 7.13. The first-order valence-corrected chi connectivity index (χ1v) is 13.3. The van der Waals surface area contributed by atoms with Crippen molar-refractivity contribution < 1.29 is 19.1 Å². The molecule has 0 spiro atoms. The molecular weight excluding hydrogens is 452 g/mol. The highest BCUT2D eigenvalue weighted by atomic mass is 16.6. The van der Waals surface area contributed by atoms with Gasteiger partial charge in [-0.1, -0.05) is 42.0 Å². The van der Waals surface area contributed by atoms with Gasteiger partial charge in [0, 0.05) is 23.7 Å². The van der Waals surface area contributed by atoms with Crippen LogP contribution in [0.15, 0.2) is 48.7 Å². The van der Waals surface area contributed by atoms with E-state index in [0.717, 1.165) is 36.9 Å². The Balaban J connectivity index is 1.34. The standard InChI is InChI=1S/C30H36N2O4/c1-4-35-30(34)32-24-11-12-25-22(15-24)16-27-28(19(3)36-29(27)33)26(25)13-10-23-9-8-21(17-31-23)20-7-5-6-18(2)14-20/h5-10,13-14,17,19,22,24-28H,4,11-12,15-16H2,1-3H3,(H,32,34)/b13-10+/t19-,22+,24-,25-,26+,27-,28+/m1/s1. The summed E-state index contributed by atoms with van der Waals surface area (Å²) in [4.78, 5) is 29.4. The fraction of sp³-hybridized carbons (Fsp3) is 0.500. The molecule has 0 unspecified atom stereocenters. The minimum atomic E-state index is -0.347. The number of carbonyl (C=O) groups excluding carboxylic acids is 2. The molecule has 2 aliphatic carbocycles. The molecule has 6 nitrogen and oxygen atoms in total. The predicted octanol–water partition coefficient (Wildman–Crippen LogP) is 5.80. The summed E-state index contributed by atoms with van der Waals surface area (Å²) in [6.07, 6.45) is 9.55. The molecule has 2 aromatic rings. The number of esters is 1. The summed E-state index contributed by atoms with van der Waals surface area (Å²) in [5.41, 5.74) is 4.41. The first-order valence-electron chi connectivity index (χ1n) is 13.3. The largest absolute Gasteiger partial charge is 0.462 e. The smallest absolute Gasteiger partial charge is 0.407 e. The van der Waals surface area contributed by atoms with Crippen LogP contribution in [0.25, 0.3) is 17.2 Å². The van der Waals surface area contributed by atoms with E-state index in [4.69, 9.17) is 14.5 Å². The quantitative estimate of drug-likeness (QED) is 0.538. The number of ether oxygens (including phenoxy) is 2. The summed E-state index contributed by atoms with van der Waals surface area (Å²) < 4.78 is 10.8. The molecule has 5 rings (SSSR count). The molecule has 7 atom stereocenters. The molecule has 2 heterocycles. The maximum Gasteiger partial charge on any atom is 0.407 e. The number of hydrogen-bond acceptors (Lipinski definition) is 5. The highest BCUT2D eigenvalue weighted by Gasteiger charge is 2.54. The van der Waals surface area contributed by atoms with Gasteiger partial charge < -0.3 is 14.8 Å². The lowest BCUT2D eigenvalue weighted by atomic mass is 9.57. The number of pyridine rings is 1. The van der Waals surface area contributed by atoms with E-state index in [9.17, 15) is 9.59 Å². The number of alkyl carbamates (subject to hydrolysis) is 1. The lowest BCUT2D eigenvalue weighted by molar-refractivity contribution is -0.144. The Morgan fingerprint density at radius 2 is 2.06 bits per heavy atom. The summed E-state index contributed by atoms with van der Waals surface area (Å²) >= 11 is 0. The Labute approximate surface area is 213 Å². The van der Waals surface area contributed by atoms with E-state index in [1.807, 2.05) is 20.0 Å². The summed E-state index contributed by atoms with van der Waals surface area (Å²) in [5.74, 6) is 1.13. The molecular formula is C30H36N2O4. The van der Waals surface area contributed by atoms with Crippen LogP contribution in [-0.2, 0) is 14.3 Å². The second-order valence-corrected chi connectivity index (χ2v) is 10.6. The minimum absolute atomic E-state index is 0.0644. The lowest BCUT2D eigenvalue weighted by Gasteiger charge is -2.47. The van der Waals surface area contributed by atoms with Crippen molar-refractivity contribution in [2.24, 2.45) is 29.6 Å². The van der Waals surface area contributed by atoms with Crippen molar-refractivity contribution in [3.05, 3.63) is 59.9 Å². The van der Waals surface area contributed by atoms with Crippen LogP contribution >= 0.6 is 0 Å². The van der Waals surface area contributed by atoms with Crippen LogP contribution in [-0.4, -0.2) is 35.8 Å². The third-order valence-electron chi connectivity index (χ3n) is 8.37. The fourth-order valence-electron chi connectivity index (χ4n) is 6.80. The van der Waals surface area contributed by atoms with Crippen LogP contribution < -0.4 is 5.32 Å². The number of nitrogens with zero attached hydrogens (tertiary/aromatic N) is 1. The topological polar surface area (TPSA) is 77.5 Å². The van der Waals surface area contributed by atoms with E-state index < -0.39 is 0 Å². The van der Waals surface area contributed by atoms with Gasteiger partial charge in [0.25, 0.3) is 0 Å². The number of rotatable bonds is 5. The van der Waals surface area contributed by atoms with Crippen LogP contribution in [0.5, 0.6) is 0 Å². The molecule has 1 aromatic carbocycles. The average molecular weight is 489 g/mol. The number of aryl methyl sites for hydroxylation is 1. The second-order valence-electron chi connectivity index (χ2n) is 10.6. The number of nitrogens with one attached hydrogen (secondary N) is 1. The predicted molar refractivity (Wildman–Crippen MR) is 139 cm³/mol. The molecule has 1 saturated heterocycles. The van der Waals surface area contributed by atoms with Crippen LogP contribution in [0.1, 0.15) is 50.8 Å². The number of benzene rings is 1.